The number of nitriles is 1. The number of fused-ring (bicyclic) bond motifs is 1. The van der Waals surface area contributed by atoms with Gasteiger partial charge in [-0.3, -0.25) is 9.48 Å². The van der Waals surface area contributed by atoms with Gasteiger partial charge in [0, 0.05) is 23.8 Å². The number of carbonyl (C=O) groups is 1. The zero-order valence-electron chi connectivity index (χ0n) is 16.5. The van der Waals surface area contributed by atoms with E-state index in [1.54, 1.807) is 16.9 Å². The number of benzene rings is 1. The van der Waals surface area contributed by atoms with Crippen molar-refractivity contribution in [2.75, 3.05) is 5.32 Å². The standard InChI is InChI=1S/C20H24BN5O3/c1-11(2)18-14-7-6-13(8-17(14)29-21(18)28)24-20-15(19(23)27)10-26(25-20)16-5-3-4-12(16)9-22/h6-8,10-12,16,18,28H,3-5H2,1-2H3,(H2,23,27)(H,24,25)/t12-,16+,18?/m0/s1. The van der Waals surface area contributed by atoms with Crippen molar-refractivity contribution in [3.05, 3.63) is 35.5 Å². The molecule has 0 spiro atoms. The van der Waals surface area contributed by atoms with Crippen molar-refractivity contribution in [1.82, 2.24) is 9.78 Å². The first-order valence-electron chi connectivity index (χ1n) is 9.93. The monoisotopic (exact) mass is 393 g/mol. The van der Waals surface area contributed by atoms with Gasteiger partial charge in [-0.15, -0.1) is 0 Å². The summed E-state index contributed by atoms with van der Waals surface area (Å²) in [5.74, 6) is 0.414. The Kier molecular flexibility index (Phi) is 4.97. The maximum atomic E-state index is 11.9. The Morgan fingerprint density at radius 2 is 2.28 bits per heavy atom. The summed E-state index contributed by atoms with van der Waals surface area (Å²) in [6.07, 6.45) is 4.25. The van der Waals surface area contributed by atoms with Gasteiger partial charge in [0.1, 0.15) is 11.3 Å². The molecule has 8 nitrogen and oxygen atoms in total. The number of aromatic nitrogens is 2. The zero-order valence-corrected chi connectivity index (χ0v) is 16.5. The van der Waals surface area contributed by atoms with Gasteiger partial charge in [0.15, 0.2) is 5.82 Å². The van der Waals surface area contributed by atoms with E-state index in [-0.39, 0.29) is 29.3 Å². The van der Waals surface area contributed by atoms with Crippen LogP contribution in [0.15, 0.2) is 24.4 Å². The van der Waals surface area contributed by atoms with E-state index in [1.807, 2.05) is 26.0 Å². The number of hydrogen-bond donors (Lipinski definition) is 3. The number of nitrogens with one attached hydrogen (secondary N) is 1. The van der Waals surface area contributed by atoms with Gasteiger partial charge < -0.3 is 20.7 Å². The average Bonchev–Trinajstić information content (AvgIpc) is 3.36. The number of nitrogens with two attached hydrogens (primary N) is 1. The van der Waals surface area contributed by atoms with Crippen LogP contribution >= 0.6 is 0 Å². The number of primary amides is 1. The van der Waals surface area contributed by atoms with Gasteiger partial charge in [-0.2, -0.15) is 10.4 Å². The largest absolute Gasteiger partial charge is 0.535 e. The molecule has 1 aliphatic heterocycles. The molecule has 2 aliphatic rings. The van der Waals surface area contributed by atoms with Crippen LogP contribution in [0.4, 0.5) is 11.5 Å². The number of nitrogens with zero attached hydrogens (tertiary/aromatic N) is 3. The Labute approximate surface area is 169 Å². The highest BCUT2D eigenvalue weighted by molar-refractivity contribution is 6.47. The second-order valence-electron chi connectivity index (χ2n) is 8.13. The van der Waals surface area contributed by atoms with Crippen molar-refractivity contribution in [3.8, 4) is 11.8 Å². The second kappa shape index (κ2) is 7.45. The lowest BCUT2D eigenvalue weighted by molar-refractivity contribution is 0.100. The first-order valence-corrected chi connectivity index (χ1v) is 9.93. The van der Waals surface area contributed by atoms with E-state index in [9.17, 15) is 15.1 Å². The fourth-order valence-corrected chi connectivity index (χ4v) is 4.41. The minimum atomic E-state index is -0.870. The smallest absolute Gasteiger partial charge is 0.530 e. The Balaban J connectivity index is 1.63. The zero-order chi connectivity index (χ0) is 20.7. The number of amides is 1. The van der Waals surface area contributed by atoms with Crippen molar-refractivity contribution >= 4 is 24.5 Å². The topological polar surface area (TPSA) is 126 Å². The summed E-state index contributed by atoms with van der Waals surface area (Å²) in [7, 11) is -0.870. The van der Waals surface area contributed by atoms with E-state index in [0.29, 0.717) is 17.3 Å². The molecule has 0 bridgehead atoms. The van der Waals surface area contributed by atoms with Gasteiger partial charge in [0.05, 0.1) is 18.0 Å². The second-order valence-corrected chi connectivity index (χ2v) is 8.13. The van der Waals surface area contributed by atoms with Crippen LogP contribution < -0.4 is 15.7 Å². The van der Waals surface area contributed by atoms with Crippen molar-refractivity contribution < 1.29 is 14.5 Å². The summed E-state index contributed by atoms with van der Waals surface area (Å²) in [6, 6.07) is 7.85. The molecule has 150 valence electrons. The molecule has 1 aromatic carbocycles. The average molecular weight is 393 g/mol. The molecule has 9 heteroatoms. The highest BCUT2D eigenvalue weighted by atomic mass is 16.5. The van der Waals surface area contributed by atoms with Crippen LogP contribution in [0.5, 0.6) is 5.75 Å². The molecule has 3 atom stereocenters. The summed E-state index contributed by atoms with van der Waals surface area (Å²) in [5.41, 5.74) is 7.46. The number of rotatable bonds is 5. The van der Waals surface area contributed by atoms with Gasteiger partial charge in [-0.25, -0.2) is 0 Å². The molecule has 1 saturated carbocycles. The molecule has 1 fully saturated rings. The summed E-state index contributed by atoms with van der Waals surface area (Å²) in [4.78, 5) is 11.9. The van der Waals surface area contributed by atoms with Crippen LogP contribution in [0, 0.1) is 23.2 Å². The molecule has 1 amide bonds. The fourth-order valence-electron chi connectivity index (χ4n) is 4.41. The van der Waals surface area contributed by atoms with Crippen LogP contribution in [0.25, 0.3) is 0 Å². The number of anilines is 2. The lowest BCUT2D eigenvalue weighted by atomic mass is 9.65. The quantitative estimate of drug-likeness (QED) is 0.671. The molecule has 2 heterocycles. The first-order chi connectivity index (χ1) is 13.9. The lowest BCUT2D eigenvalue weighted by Crippen LogP contribution is -2.27. The molecule has 1 aromatic heterocycles. The third-order valence-electron chi connectivity index (χ3n) is 5.89. The molecule has 1 unspecified atom stereocenters. The van der Waals surface area contributed by atoms with Gasteiger partial charge in [-0.1, -0.05) is 19.9 Å². The highest BCUT2D eigenvalue weighted by Gasteiger charge is 2.41. The molecule has 29 heavy (non-hydrogen) atoms. The summed E-state index contributed by atoms with van der Waals surface area (Å²) in [5, 5.41) is 27.2. The lowest BCUT2D eigenvalue weighted by Gasteiger charge is -2.14. The Hall–Kier alpha value is -2.99. The number of carbonyl (C=O) groups excluding carboxylic acids is 1. The molecule has 4 N–H and O–H groups in total. The maximum Gasteiger partial charge on any atom is 0.530 e. The third kappa shape index (κ3) is 3.45. The SMILES string of the molecule is CC(C)C1B(O)Oc2cc(Nc3nn([C@@H]4CCC[C@H]4C#N)cc3C(N)=O)ccc21. The third-order valence-corrected chi connectivity index (χ3v) is 5.89. The summed E-state index contributed by atoms with van der Waals surface area (Å²) in [6.45, 7) is 4.09. The van der Waals surface area contributed by atoms with Crippen LogP contribution in [0.3, 0.4) is 0 Å². The van der Waals surface area contributed by atoms with Gasteiger partial charge >= 0.3 is 7.12 Å². The van der Waals surface area contributed by atoms with E-state index >= 15 is 0 Å². The van der Waals surface area contributed by atoms with Gasteiger partial charge in [0.2, 0.25) is 0 Å². The fraction of sp³-hybridized carbons (Fsp3) is 0.450. The van der Waals surface area contributed by atoms with Crippen LogP contribution in [0.1, 0.15) is 60.9 Å². The van der Waals surface area contributed by atoms with E-state index in [1.165, 1.54) is 0 Å². The van der Waals surface area contributed by atoms with Crippen molar-refractivity contribution in [2.45, 2.75) is 45.0 Å². The predicted octanol–water partition coefficient (Wildman–Crippen LogP) is 2.74. The summed E-state index contributed by atoms with van der Waals surface area (Å²) >= 11 is 0. The van der Waals surface area contributed by atoms with E-state index in [4.69, 9.17) is 10.4 Å². The number of hydrogen-bond acceptors (Lipinski definition) is 6. The molecule has 2 aromatic rings. The van der Waals surface area contributed by atoms with Gasteiger partial charge in [-0.05, 0) is 36.8 Å². The van der Waals surface area contributed by atoms with Crippen molar-refractivity contribution in [3.63, 3.8) is 0 Å². The van der Waals surface area contributed by atoms with E-state index in [0.717, 1.165) is 24.8 Å². The van der Waals surface area contributed by atoms with Crippen LogP contribution in [-0.4, -0.2) is 27.8 Å². The molecule has 0 radical (unpaired) electrons. The molecular weight excluding hydrogens is 369 g/mol. The normalized spacial score (nSPS) is 23.0. The van der Waals surface area contributed by atoms with E-state index < -0.39 is 13.0 Å². The molecule has 0 saturated heterocycles. The van der Waals surface area contributed by atoms with Gasteiger partial charge in [0.25, 0.3) is 5.91 Å². The molecule has 1 aliphatic carbocycles. The Morgan fingerprint density at radius 3 is 2.97 bits per heavy atom. The molecule has 4 rings (SSSR count). The molecular formula is C20H24BN5O3. The van der Waals surface area contributed by atoms with Crippen LogP contribution in [0.2, 0.25) is 0 Å². The highest BCUT2D eigenvalue weighted by Crippen LogP contribution is 2.42. The Bertz CT molecular complexity index is 983. The summed E-state index contributed by atoms with van der Waals surface area (Å²) < 4.78 is 7.30. The Morgan fingerprint density at radius 1 is 1.48 bits per heavy atom. The van der Waals surface area contributed by atoms with Crippen molar-refractivity contribution in [2.24, 2.45) is 17.6 Å². The van der Waals surface area contributed by atoms with Crippen LogP contribution in [-0.2, 0) is 0 Å². The minimum Gasteiger partial charge on any atom is -0.535 e. The maximum absolute atomic E-state index is 11.9. The van der Waals surface area contributed by atoms with E-state index in [2.05, 4.69) is 16.5 Å². The minimum absolute atomic E-state index is 0.0565. The van der Waals surface area contributed by atoms with Crippen molar-refractivity contribution in [1.29, 1.82) is 5.26 Å². The predicted molar refractivity (Wildman–Crippen MR) is 109 cm³/mol. The first kappa shape index (κ1) is 19.3.